The van der Waals surface area contributed by atoms with Gasteiger partial charge >= 0.3 is 0 Å². The number of aliphatic hydroxyl groups excluding tert-OH is 2. The van der Waals surface area contributed by atoms with Gasteiger partial charge in [-0.1, -0.05) is 87.3 Å². The summed E-state index contributed by atoms with van der Waals surface area (Å²) in [6, 6.07) is 21.6. The van der Waals surface area contributed by atoms with E-state index in [0.29, 0.717) is 40.1 Å². The highest BCUT2D eigenvalue weighted by molar-refractivity contribution is 6.35. The first-order chi connectivity index (χ1) is 27.8. The van der Waals surface area contributed by atoms with Crippen molar-refractivity contribution >= 4 is 57.5 Å². The van der Waals surface area contributed by atoms with Crippen LogP contribution in [0.4, 0.5) is 4.39 Å². The molecule has 0 unspecified atom stereocenters. The molecule has 0 spiro atoms. The summed E-state index contributed by atoms with van der Waals surface area (Å²) in [4.78, 5) is 52.2. The summed E-state index contributed by atoms with van der Waals surface area (Å²) in [5, 5.41) is 22.7. The zero-order valence-corrected chi connectivity index (χ0v) is 38.5. The first-order valence-corrected chi connectivity index (χ1v) is 21.2. The van der Waals surface area contributed by atoms with Crippen molar-refractivity contribution in [2.75, 3.05) is 0 Å². The number of hydrogen-bond donors (Lipinski definition) is 2. The van der Waals surface area contributed by atoms with Crippen LogP contribution in [0.5, 0.6) is 0 Å². The molecule has 9 heteroatoms. The van der Waals surface area contributed by atoms with Gasteiger partial charge < -0.3 is 10.2 Å². The Morgan fingerprint density at radius 3 is 1.35 bits per heavy atom. The van der Waals surface area contributed by atoms with Gasteiger partial charge in [0, 0.05) is 5.02 Å². The molecule has 0 aromatic heterocycles. The van der Waals surface area contributed by atoms with Crippen LogP contribution in [0.1, 0.15) is 111 Å². The van der Waals surface area contributed by atoms with Gasteiger partial charge in [0.25, 0.3) is 0 Å². The molecule has 6 nitrogen and oxygen atoms in total. The summed E-state index contributed by atoms with van der Waals surface area (Å²) >= 11 is 11.9. The van der Waals surface area contributed by atoms with Crippen LogP contribution in [0.3, 0.4) is 0 Å². The molecule has 0 amide bonds. The van der Waals surface area contributed by atoms with Crippen LogP contribution in [0, 0.1) is 34.4 Å². The molecule has 4 aromatic rings. The minimum Gasteiger partial charge on any atom is -0.510 e. The van der Waals surface area contributed by atoms with Crippen LogP contribution in [-0.4, -0.2) is 33.3 Å². The van der Waals surface area contributed by atoms with Crippen LogP contribution in [0.25, 0.3) is 33.4 Å². The first-order valence-electron chi connectivity index (χ1n) is 20.4. The molecule has 0 saturated carbocycles. The van der Waals surface area contributed by atoms with Gasteiger partial charge in [0.1, 0.15) is 17.3 Å². The Morgan fingerprint density at radius 1 is 0.533 bits per heavy atom. The molecular formula is C51H57Cl2FO6. The topological polar surface area (TPSA) is 109 Å². The molecule has 2 aliphatic rings. The van der Waals surface area contributed by atoms with Crippen molar-refractivity contribution in [3.63, 3.8) is 0 Å². The lowest BCUT2D eigenvalue weighted by molar-refractivity contribution is -0.144. The summed E-state index contributed by atoms with van der Waals surface area (Å²) in [6.45, 7) is 23.0. The van der Waals surface area contributed by atoms with E-state index in [-0.39, 0.29) is 45.0 Å². The fraction of sp³-hybridized carbons (Fsp3) is 0.373. The van der Waals surface area contributed by atoms with Crippen molar-refractivity contribution in [3.8, 4) is 22.3 Å². The quantitative estimate of drug-likeness (QED) is 0.187. The number of carbonyl (C=O) groups is 4. The van der Waals surface area contributed by atoms with E-state index in [1.807, 2.05) is 83.1 Å². The van der Waals surface area contributed by atoms with Gasteiger partial charge in [0.15, 0.2) is 23.1 Å². The number of benzene rings is 4. The molecule has 4 aromatic carbocycles. The van der Waals surface area contributed by atoms with Gasteiger partial charge in [-0.15, -0.1) is 0 Å². The third-order valence-electron chi connectivity index (χ3n) is 11.8. The van der Waals surface area contributed by atoms with Crippen LogP contribution >= 0.6 is 23.2 Å². The van der Waals surface area contributed by atoms with E-state index in [4.69, 9.17) is 23.2 Å². The van der Waals surface area contributed by atoms with Crippen molar-refractivity contribution < 1.29 is 33.8 Å². The van der Waals surface area contributed by atoms with E-state index in [1.54, 1.807) is 67.5 Å². The Kier molecular flexibility index (Phi) is 14.1. The molecule has 6 rings (SSSR count). The van der Waals surface area contributed by atoms with Crippen molar-refractivity contribution in [3.05, 3.63) is 128 Å². The molecule has 0 bridgehead atoms. The number of aryl methyl sites for hydroxylation is 3. The smallest absolute Gasteiger partial charge is 0.179 e. The number of aliphatic hydroxyl groups is 2. The second kappa shape index (κ2) is 17.6. The van der Waals surface area contributed by atoms with E-state index >= 15 is 0 Å². The molecule has 2 aliphatic carbocycles. The lowest BCUT2D eigenvalue weighted by Gasteiger charge is -2.38. The largest absolute Gasteiger partial charge is 0.510 e. The predicted molar refractivity (Wildman–Crippen MR) is 243 cm³/mol. The number of ketones is 4. The standard InChI is InChI=1S/C25H27ClO3.C24H24ClFO3.C2H6/c1-7-15-8-9-16(18-11-10-17(26)12-14(18)2)13-19(15)20-21(27)24(3,4)23(29)25(5,6)22(20)28;1-6-13-7-8-14(15-9-10-17(25)18(26)12-15)11-16(13)19-20(27)23(2,3)22(29)24(4,5)21(19)28;1-2/h8-13,27H,7H2,1-6H3;7-12,27H,6H2,1-5H3;1-2H3. The van der Waals surface area contributed by atoms with Crippen LogP contribution in [-0.2, 0) is 32.0 Å². The van der Waals surface area contributed by atoms with Crippen molar-refractivity contribution in [2.24, 2.45) is 21.7 Å². The van der Waals surface area contributed by atoms with E-state index in [9.17, 15) is 33.8 Å². The number of allylic oxidation sites excluding steroid dienone is 4. The molecule has 0 radical (unpaired) electrons. The summed E-state index contributed by atoms with van der Waals surface area (Å²) in [5.41, 5.74) is 3.01. The lowest BCUT2D eigenvalue weighted by atomic mass is 9.62. The zero-order valence-electron chi connectivity index (χ0n) is 37.0. The second-order valence-electron chi connectivity index (χ2n) is 17.3. The maximum Gasteiger partial charge on any atom is 0.179 e. The minimum absolute atomic E-state index is 0.0315. The van der Waals surface area contributed by atoms with Crippen LogP contribution < -0.4 is 0 Å². The zero-order chi connectivity index (χ0) is 45.4. The second-order valence-corrected chi connectivity index (χ2v) is 18.1. The Balaban J connectivity index is 0.000000254. The highest BCUT2D eigenvalue weighted by Crippen LogP contribution is 2.49. The number of carbonyl (C=O) groups excluding carboxylic acids is 4. The minimum atomic E-state index is -1.25. The Labute approximate surface area is 364 Å². The van der Waals surface area contributed by atoms with Crippen LogP contribution in [0.2, 0.25) is 10.0 Å². The molecule has 60 heavy (non-hydrogen) atoms. The molecule has 0 fully saturated rings. The maximum absolute atomic E-state index is 14.0. The van der Waals surface area contributed by atoms with Gasteiger partial charge in [0.2, 0.25) is 0 Å². The SMILES string of the molecule is CC.CCc1ccc(-c2ccc(Cl)c(F)c2)cc1C1=C(O)C(C)(C)C(=O)C(C)(C)C1=O.CCc1ccc(-c2ccc(Cl)cc2C)cc1C1=C(O)C(C)(C)C(=O)C(C)(C)C1=O. The van der Waals surface area contributed by atoms with Crippen molar-refractivity contribution in [1.29, 1.82) is 0 Å². The predicted octanol–water partition coefficient (Wildman–Crippen LogP) is 13.6. The highest BCUT2D eigenvalue weighted by atomic mass is 35.5. The number of hydrogen-bond acceptors (Lipinski definition) is 6. The summed E-state index contributed by atoms with van der Waals surface area (Å²) in [5.74, 6) is -2.22. The fourth-order valence-corrected chi connectivity index (χ4v) is 8.50. The van der Waals surface area contributed by atoms with Gasteiger partial charge in [0.05, 0.1) is 37.8 Å². The summed E-state index contributed by atoms with van der Waals surface area (Å²) in [6.07, 6.45) is 1.33. The van der Waals surface area contributed by atoms with E-state index < -0.39 is 33.3 Å². The maximum atomic E-state index is 14.0. The average molecular weight is 856 g/mol. The Morgan fingerprint density at radius 2 is 0.933 bits per heavy atom. The number of Topliss-reactive ketones (excluding diaryl/α,β-unsaturated/α-hetero) is 4. The third kappa shape index (κ3) is 8.40. The first kappa shape index (κ1) is 47.8. The van der Waals surface area contributed by atoms with Crippen molar-refractivity contribution in [2.45, 2.75) is 103 Å². The molecule has 0 aliphatic heterocycles. The normalized spacial score (nSPS) is 17.8. The van der Waals surface area contributed by atoms with E-state index in [2.05, 4.69) is 0 Å². The van der Waals surface area contributed by atoms with Gasteiger partial charge in [-0.25, -0.2) is 4.39 Å². The van der Waals surface area contributed by atoms with Gasteiger partial charge in [-0.3, -0.25) is 19.2 Å². The molecule has 0 saturated heterocycles. The molecule has 0 atom stereocenters. The lowest BCUT2D eigenvalue weighted by Crippen LogP contribution is -2.48. The monoisotopic (exact) mass is 854 g/mol. The van der Waals surface area contributed by atoms with Gasteiger partial charge in [-0.05, 0) is 162 Å². The average Bonchev–Trinajstić information content (AvgIpc) is 3.21. The van der Waals surface area contributed by atoms with Crippen molar-refractivity contribution in [1.82, 2.24) is 0 Å². The molecule has 2 N–H and O–H groups in total. The molecule has 318 valence electrons. The van der Waals surface area contributed by atoms with Gasteiger partial charge in [-0.2, -0.15) is 0 Å². The van der Waals surface area contributed by atoms with E-state index in [0.717, 1.165) is 27.8 Å². The summed E-state index contributed by atoms with van der Waals surface area (Å²) in [7, 11) is 0. The third-order valence-corrected chi connectivity index (χ3v) is 12.3. The van der Waals surface area contributed by atoms with Crippen LogP contribution in [0.15, 0.2) is 84.3 Å². The molecular weight excluding hydrogens is 798 g/mol. The number of halogens is 3. The fourth-order valence-electron chi connectivity index (χ4n) is 8.16. The Hall–Kier alpha value is -4.85. The highest BCUT2D eigenvalue weighted by Gasteiger charge is 2.54. The molecule has 0 heterocycles. The Bertz CT molecular complexity index is 2470. The summed E-state index contributed by atoms with van der Waals surface area (Å²) < 4.78 is 14.0. The number of rotatable bonds is 6. The van der Waals surface area contributed by atoms with E-state index in [1.165, 1.54) is 12.1 Å².